The van der Waals surface area contributed by atoms with Crippen molar-refractivity contribution in [3.63, 3.8) is 0 Å². The largest absolute Gasteiger partial charge is 0.460 e. The van der Waals surface area contributed by atoms with Gasteiger partial charge in [-0.1, -0.05) is 0 Å². The number of hydrogen-bond acceptors (Lipinski definition) is 6. The maximum Gasteiger partial charge on any atom is 0.307 e. The number of nitrogens with zero attached hydrogens (tertiary/aromatic N) is 1. The van der Waals surface area contributed by atoms with Gasteiger partial charge in [0, 0.05) is 12.6 Å². The maximum atomic E-state index is 12.0. The van der Waals surface area contributed by atoms with Crippen molar-refractivity contribution in [3.8, 4) is 0 Å². The molecule has 6 heteroatoms. The van der Waals surface area contributed by atoms with Crippen LogP contribution < -0.4 is 0 Å². The number of esters is 1. The van der Waals surface area contributed by atoms with Crippen LogP contribution in [0.25, 0.3) is 0 Å². The van der Waals surface area contributed by atoms with E-state index in [1.807, 2.05) is 41.5 Å². The first-order valence-electron chi connectivity index (χ1n) is 7.89. The average molecular weight is 317 g/mol. The standard InChI is InChI=1S/C16H31NO5/c1-15(2,3)21-13(19)10-11-9-12(18)7-8-17(11)14(20)22-16(4,5)6/h11-12,14,18,20H,7-10H2,1-6H3/t11-,12+,14?/m0/s1. The lowest BCUT2D eigenvalue weighted by molar-refractivity contribution is -0.256. The van der Waals surface area contributed by atoms with E-state index in [9.17, 15) is 15.0 Å². The zero-order valence-electron chi connectivity index (χ0n) is 14.6. The zero-order chi connectivity index (χ0) is 17.1. The number of likely N-dealkylation sites (tertiary alicyclic amines) is 1. The van der Waals surface area contributed by atoms with E-state index in [0.29, 0.717) is 19.4 Å². The lowest BCUT2D eigenvalue weighted by Gasteiger charge is -2.41. The minimum absolute atomic E-state index is 0.124. The summed E-state index contributed by atoms with van der Waals surface area (Å²) in [6.45, 7) is 11.5. The Kier molecular flexibility index (Phi) is 6.38. The van der Waals surface area contributed by atoms with Crippen LogP contribution in [0.5, 0.6) is 0 Å². The number of carbonyl (C=O) groups is 1. The van der Waals surface area contributed by atoms with Crippen molar-refractivity contribution in [2.24, 2.45) is 0 Å². The van der Waals surface area contributed by atoms with E-state index < -0.39 is 23.7 Å². The summed E-state index contributed by atoms with van der Waals surface area (Å²) in [5.41, 5.74) is -1.04. The van der Waals surface area contributed by atoms with Crippen molar-refractivity contribution >= 4 is 5.97 Å². The third-order valence-electron chi connectivity index (χ3n) is 3.30. The van der Waals surface area contributed by atoms with Crippen molar-refractivity contribution in [3.05, 3.63) is 0 Å². The summed E-state index contributed by atoms with van der Waals surface area (Å²) in [6, 6.07) is -0.295. The molecule has 1 unspecified atom stereocenters. The van der Waals surface area contributed by atoms with E-state index in [1.165, 1.54) is 0 Å². The Balaban J connectivity index is 2.71. The van der Waals surface area contributed by atoms with Crippen molar-refractivity contribution in [2.45, 2.75) is 90.6 Å². The zero-order valence-corrected chi connectivity index (χ0v) is 14.6. The molecule has 0 bridgehead atoms. The quantitative estimate of drug-likeness (QED) is 0.606. The van der Waals surface area contributed by atoms with Crippen LogP contribution in [0.4, 0.5) is 0 Å². The molecule has 0 spiro atoms. The van der Waals surface area contributed by atoms with E-state index in [2.05, 4.69) is 0 Å². The van der Waals surface area contributed by atoms with Crippen LogP contribution in [0.15, 0.2) is 0 Å². The molecule has 22 heavy (non-hydrogen) atoms. The second-order valence-corrected chi connectivity index (χ2v) is 7.92. The molecule has 130 valence electrons. The molecule has 1 aliphatic rings. The molecule has 0 aromatic carbocycles. The average Bonchev–Trinajstić information content (AvgIpc) is 2.23. The molecule has 0 aromatic rings. The summed E-state index contributed by atoms with van der Waals surface area (Å²) in [5.74, 6) is -0.334. The summed E-state index contributed by atoms with van der Waals surface area (Å²) in [7, 11) is 0. The molecule has 1 fully saturated rings. The van der Waals surface area contributed by atoms with Crippen LogP contribution >= 0.6 is 0 Å². The first-order valence-corrected chi connectivity index (χ1v) is 7.89. The van der Waals surface area contributed by atoms with Gasteiger partial charge in [0.1, 0.15) is 5.60 Å². The van der Waals surface area contributed by atoms with Crippen molar-refractivity contribution in [1.29, 1.82) is 0 Å². The van der Waals surface area contributed by atoms with E-state index in [4.69, 9.17) is 9.47 Å². The molecule has 0 aliphatic carbocycles. The molecule has 6 nitrogen and oxygen atoms in total. The van der Waals surface area contributed by atoms with Gasteiger partial charge in [0.15, 0.2) is 0 Å². The SMILES string of the molecule is CC(C)(C)OC(=O)C[C@@H]1C[C@H](O)CCN1C(O)OC(C)(C)C. The van der Waals surface area contributed by atoms with Gasteiger partial charge in [0.2, 0.25) is 6.41 Å². The highest BCUT2D eigenvalue weighted by Crippen LogP contribution is 2.25. The number of aliphatic hydroxyl groups is 2. The molecule has 2 N–H and O–H groups in total. The van der Waals surface area contributed by atoms with Gasteiger partial charge in [-0.15, -0.1) is 0 Å². The molecule has 0 radical (unpaired) electrons. The van der Waals surface area contributed by atoms with Crippen molar-refractivity contribution in [2.75, 3.05) is 6.54 Å². The van der Waals surface area contributed by atoms with Crippen molar-refractivity contribution < 1.29 is 24.5 Å². The number of aliphatic hydroxyl groups excluding tert-OH is 2. The predicted molar refractivity (Wildman–Crippen MR) is 83.0 cm³/mol. The fraction of sp³-hybridized carbons (Fsp3) is 0.938. The highest BCUT2D eigenvalue weighted by molar-refractivity contribution is 5.70. The number of piperidine rings is 1. The topological polar surface area (TPSA) is 79.2 Å². The monoisotopic (exact) mass is 317 g/mol. The number of carbonyl (C=O) groups excluding carboxylic acids is 1. The summed E-state index contributed by atoms with van der Waals surface area (Å²) in [6.07, 6.45) is -0.469. The molecule has 1 aliphatic heterocycles. The normalized spacial score (nSPS) is 25.8. The van der Waals surface area contributed by atoms with Gasteiger partial charge in [0.05, 0.1) is 18.1 Å². The van der Waals surface area contributed by atoms with Crippen LogP contribution in [0.1, 0.15) is 60.8 Å². The lowest BCUT2D eigenvalue weighted by atomic mass is 9.97. The van der Waals surface area contributed by atoms with Gasteiger partial charge in [-0.05, 0) is 54.4 Å². The summed E-state index contributed by atoms with van der Waals surface area (Å²) in [5, 5.41) is 20.1. The molecule has 1 rings (SSSR count). The van der Waals surface area contributed by atoms with Crippen LogP contribution in [0.2, 0.25) is 0 Å². The summed E-state index contributed by atoms with van der Waals surface area (Å²) in [4.78, 5) is 13.8. The fourth-order valence-electron chi connectivity index (χ4n) is 2.50. The van der Waals surface area contributed by atoms with E-state index >= 15 is 0 Å². The van der Waals surface area contributed by atoms with Crippen molar-refractivity contribution in [1.82, 2.24) is 4.90 Å². The van der Waals surface area contributed by atoms with Gasteiger partial charge in [-0.2, -0.15) is 0 Å². The van der Waals surface area contributed by atoms with E-state index in [0.717, 1.165) is 0 Å². The molecular weight excluding hydrogens is 286 g/mol. The van der Waals surface area contributed by atoms with Gasteiger partial charge in [0.25, 0.3) is 0 Å². The van der Waals surface area contributed by atoms with Gasteiger partial charge >= 0.3 is 5.97 Å². The molecule has 1 heterocycles. The van der Waals surface area contributed by atoms with Crippen LogP contribution in [0, 0.1) is 0 Å². The highest BCUT2D eigenvalue weighted by atomic mass is 16.6. The van der Waals surface area contributed by atoms with Crippen LogP contribution in [-0.4, -0.2) is 57.4 Å². The van der Waals surface area contributed by atoms with Crippen LogP contribution in [-0.2, 0) is 14.3 Å². The first kappa shape index (κ1) is 19.4. The van der Waals surface area contributed by atoms with E-state index in [-0.39, 0.29) is 18.4 Å². The Hall–Kier alpha value is -0.690. The van der Waals surface area contributed by atoms with Crippen LogP contribution in [0.3, 0.4) is 0 Å². The minimum atomic E-state index is -1.10. The number of ether oxygens (including phenoxy) is 2. The second kappa shape index (κ2) is 7.25. The third kappa shape index (κ3) is 7.05. The fourth-order valence-corrected chi connectivity index (χ4v) is 2.50. The van der Waals surface area contributed by atoms with Gasteiger partial charge in [-0.3, -0.25) is 9.69 Å². The molecular formula is C16H31NO5. The number of hydrogen-bond donors (Lipinski definition) is 2. The van der Waals surface area contributed by atoms with Gasteiger partial charge < -0.3 is 19.7 Å². The Morgan fingerprint density at radius 2 is 1.82 bits per heavy atom. The summed E-state index contributed by atoms with van der Waals surface area (Å²) < 4.78 is 10.9. The molecule has 0 amide bonds. The third-order valence-corrected chi connectivity index (χ3v) is 3.30. The Labute approximate surface area is 133 Å². The van der Waals surface area contributed by atoms with Gasteiger partial charge in [-0.25, -0.2) is 0 Å². The molecule has 3 atom stereocenters. The smallest absolute Gasteiger partial charge is 0.307 e. The Morgan fingerprint density at radius 3 is 2.32 bits per heavy atom. The highest BCUT2D eigenvalue weighted by Gasteiger charge is 2.35. The summed E-state index contributed by atoms with van der Waals surface area (Å²) >= 11 is 0. The Morgan fingerprint density at radius 1 is 1.23 bits per heavy atom. The van der Waals surface area contributed by atoms with E-state index in [1.54, 1.807) is 4.90 Å². The molecule has 0 aromatic heterocycles. The first-order chi connectivity index (χ1) is 9.87. The minimum Gasteiger partial charge on any atom is -0.460 e. The lowest BCUT2D eigenvalue weighted by Crippen LogP contribution is -2.53. The predicted octanol–water partition coefficient (Wildman–Crippen LogP) is 1.63. The second-order valence-electron chi connectivity index (χ2n) is 7.92. The maximum absolute atomic E-state index is 12.0. The number of rotatable bonds is 4. The molecule has 0 saturated carbocycles. The Bertz CT molecular complexity index is 372. The molecule has 1 saturated heterocycles.